The molecular formula is C35H32N2O6. The van der Waals surface area contributed by atoms with Crippen LogP contribution in [0.3, 0.4) is 0 Å². The number of phenolic OH excluding ortho intramolecular Hbond substituents is 1. The lowest BCUT2D eigenvalue weighted by Crippen LogP contribution is -2.50. The van der Waals surface area contributed by atoms with Crippen LogP contribution in [0.2, 0.25) is 0 Å². The lowest BCUT2D eigenvalue weighted by Gasteiger charge is -2.35. The molecule has 8 heteroatoms. The van der Waals surface area contributed by atoms with Gasteiger partial charge in [0.2, 0.25) is 5.91 Å². The van der Waals surface area contributed by atoms with Crippen LogP contribution in [-0.2, 0) is 4.79 Å². The molecule has 43 heavy (non-hydrogen) atoms. The fourth-order valence-corrected chi connectivity index (χ4v) is 5.76. The zero-order chi connectivity index (χ0) is 30.2. The van der Waals surface area contributed by atoms with Crippen LogP contribution in [0.15, 0.2) is 82.0 Å². The number of hydrogen-bond acceptors (Lipinski definition) is 6. The van der Waals surface area contributed by atoms with Crippen molar-refractivity contribution in [3.8, 4) is 39.7 Å². The molecule has 0 atom stereocenters. The van der Waals surface area contributed by atoms with Gasteiger partial charge in [-0.25, -0.2) is 0 Å². The monoisotopic (exact) mass is 576 g/mol. The van der Waals surface area contributed by atoms with Crippen LogP contribution >= 0.6 is 0 Å². The Bertz CT molecular complexity index is 1880. The summed E-state index contributed by atoms with van der Waals surface area (Å²) in [6.07, 6.45) is 0.446. The molecule has 2 aliphatic heterocycles. The van der Waals surface area contributed by atoms with Crippen LogP contribution in [0, 0.1) is 13.8 Å². The summed E-state index contributed by atoms with van der Waals surface area (Å²) in [6.45, 7) is 7.40. The van der Waals surface area contributed by atoms with Crippen molar-refractivity contribution < 1.29 is 23.8 Å². The van der Waals surface area contributed by atoms with Crippen molar-refractivity contribution in [3.63, 3.8) is 0 Å². The predicted molar refractivity (Wildman–Crippen MR) is 165 cm³/mol. The van der Waals surface area contributed by atoms with Gasteiger partial charge in [0.15, 0.2) is 5.43 Å². The minimum atomic E-state index is -0.187. The van der Waals surface area contributed by atoms with Crippen molar-refractivity contribution in [2.24, 2.45) is 0 Å². The van der Waals surface area contributed by atoms with E-state index in [1.165, 1.54) is 12.1 Å². The molecule has 3 aliphatic rings. The summed E-state index contributed by atoms with van der Waals surface area (Å²) in [5, 5.41) is 10.9. The van der Waals surface area contributed by atoms with Crippen molar-refractivity contribution in [3.05, 3.63) is 99.7 Å². The number of rotatable bonds is 5. The molecule has 218 valence electrons. The van der Waals surface area contributed by atoms with Crippen LogP contribution in [0.1, 0.15) is 34.8 Å². The second-order valence-electron chi connectivity index (χ2n) is 10.9. The molecule has 0 aromatic heterocycles. The average molecular weight is 577 g/mol. The number of aromatic hydroxyl groups is 1. The second kappa shape index (κ2) is 11.3. The van der Waals surface area contributed by atoms with Gasteiger partial charge in [-0.3, -0.25) is 14.4 Å². The molecule has 1 fully saturated rings. The summed E-state index contributed by atoms with van der Waals surface area (Å²) in [6, 6.07) is 21.2. The number of carbonyl (C=O) groups excluding carboxylic acids is 2. The summed E-state index contributed by atoms with van der Waals surface area (Å²) in [5.74, 6) is 1.71. The average Bonchev–Trinajstić information content (AvgIpc) is 3.01. The highest BCUT2D eigenvalue weighted by atomic mass is 16.5. The first-order valence-corrected chi connectivity index (χ1v) is 14.4. The lowest BCUT2D eigenvalue weighted by molar-refractivity contribution is -0.132. The van der Waals surface area contributed by atoms with E-state index >= 15 is 0 Å². The Balaban J connectivity index is 1.44. The first kappa shape index (κ1) is 28.0. The zero-order valence-electron chi connectivity index (χ0n) is 24.3. The number of amides is 2. The Morgan fingerprint density at radius 2 is 1.53 bits per heavy atom. The number of nitrogens with zero attached hydrogens (tertiary/aromatic N) is 2. The summed E-state index contributed by atoms with van der Waals surface area (Å²) in [4.78, 5) is 42.0. The van der Waals surface area contributed by atoms with Gasteiger partial charge in [0.25, 0.3) is 5.91 Å². The Morgan fingerprint density at radius 1 is 0.837 bits per heavy atom. The Hall–Kier alpha value is -5.11. The number of phenols is 1. The van der Waals surface area contributed by atoms with Gasteiger partial charge in [-0.15, -0.1) is 0 Å². The molecule has 6 rings (SSSR count). The van der Waals surface area contributed by atoms with Gasteiger partial charge in [0, 0.05) is 66.8 Å². The molecule has 0 radical (unpaired) electrons. The highest BCUT2D eigenvalue weighted by Gasteiger charge is 2.27. The summed E-state index contributed by atoms with van der Waals surface area (Å²) < 4.78 is 12.4. The van der Waals surface area contributed by atoms with Crippen molar-refractivity contribution in [1.29, 1.82) is 0 Å². The van der Waals surface area contributed by atoms with Gasteiger partial charge in [0.1, 0.15) is 28.6 Å². The van der Waals surface area contributed by atoms with Crippen LogP contribution in [-0.4, -0.2) is 52.9 Å². The Kier molecular flexibility index (Phi) is 7.36. The van der Waals surface area contributed by atoms with E-state index in [1.807, 2.05) is 57.2 Å². The maximum absolute atomic E-state index is 13.9. The number of piperazine rings is 1. The summed E-state index contributed by atoms with van der Waals surface area (Å²) >= 11 is 0. The van der Waals surface area contributed by atoms with E-state index in [9.17, 15) is 19.5 Å². The quantitative estimate of drug-likeness (QED) is 0.244. The molecule has 2 heterocycles. The van der Waals surface area contributed by atoms with Gasteiger partial charge >= 0.3 is 0 Å². The molecule has 1 saturated heterocycles. The highest BCUT2D eigenvalue weighted by Crippen LogP contribution is 2.42. The first-order chi connectivity index (χ1) is 20.7. The van der Waals surface area contributed by atoms with E-state index < -0.39 is 0 Å². The molecule has 3 aromatic rings. The van der Waals surface area contributed by atoms with E-state index in [0.29, 0.717) is 77.7 Å². The molecule has 0 bridgehead atoms. The van der Waals surface area contributed by atoms with Gasteiger partial charge < -0.3 is 24.1 Å². The molecule has 0 unspecified atom stereocenters. The van der Waals surface area contributed by atoms with E-state index in [0.717, 1.165) is 16.5 Å². The van der Waals surface area contributed by atoms with E-state index in [1.54, 1.807) is 34.1 Å². The molecule has 8 nitrogen and oxygen atoms in total. The highest BCUT2D eigenvalue weighted by molar-refractivity contribution is 6.09. The van der Waals surface area contributed by atoms with Crippen molar-refractivity contribution in [1.82, 2.24) is 9.80 Å². The van der Waals surface area contributed by atoms with Gasteiger partial charge in [-0.2, -0.15) is 0 Å². The Morgan fingerprint density at radius 3 is 2.26 bits per heavy atom. The van der Waals surface area contributed by atoms with E-state index in [-0.39, 0.29) is 23.0 Å². The maximum Gasteiger partial charge on any atom is 0.254 e. The molecule has 1 N–H and O–H groups in total. The third kappa shape index (κ3) is 5.32. The van der Waals surface area contributed by atoms with Crippen LogP contribution < -0.4 is 10.2 Å². The van der Waals surface area contributed by atoms with Gasteiger partial charge in [0.05, 0.1) is 0 Å². The predicted octanol–water partition coefficient (Wildman–Crippen LogP) is 6.37. The number of benzene rings is 4. The molecule has 0 saturated carbocycles. The fourth-order valence-electron chi connectivity index (χ4n) is 5.76. The van der Waals surface area contributed by atoms with Crippen LogP contribution in [0.4, 0.5) is 0 Å². The minimum absolute atomic E-state index is 0.0928. The zero-order valence-corrected chi connectivity index (χ0v) is 24.3. The number of hydrogen-bond donors (Lipinski definition) is 1. The molecule has 3 aromatic carbocycles. The normalized spacial score (nSPS) is 13.5. The topological polar surface area (TPSA) is 100 Å². The number of fused-ring (bicyclic) bond motifs is 2. The first-order valence-electron chi connectivity index (χ1n) is 14.4. The molecule has 0 spiro atoms. The van der Waals surface area contributed by atoms with Crippen LogP contribution in [0.25, 0.3) is 33.4 Å². The van der Waals surface area contributed by atoms with Gasteiger partial charge in [-0.1, -0.05) is 25.1 Å². The molecule has 2 amide bonds. The third-order valence-corrected chi connectivity index (χ3v) is 8.01. The maximum atomic E-state index is 13.9. The largest absolute Gasteiger partial charge is 0.507 e. The molecular weight excluding hydrogens is 544 g/mol. The number of aryl methyl sites for hydroxylation is 2. The van der Waals surface area contributed by atoms with Crippen molar-refractivity contribution in [2.45, 2.75) is 27.2 Å². The SMILES string of the molecule is CCC(=O)N1CCN(C(=O)c2ccccc2-c2c3ccc(=O)cc-3oc3cc(Oc4cc(C)c(O)c(C)c4)ccc23)CC1. The fraction of sp³-hybridized carbons (Fsp3) is 0.229. The third-order valence-electron chi connectivity index (χ3n) is 8.01. The lowest BCUT2D eigenvalue weighted by atomic mass is 9.90. The standard InChI is InChI=1S/C35H32N2O6/c1-4-32(39)36-13-15-37(16-14-36)35(41)27-8-6-5-7-26(27)33-28-11-9-23(38)19-30(28)43-31-20-24(10-12-29(31)33)42-25-17-21(2)34(40)22(3)18-25/h5-12,17-20,40H,4,13-16H2,1-3H3. The van der Waals surface area contributed by atoms with Crippen LogP contribution in [0.5, 0.6) is 17.2 Å². The smallest absolute Gasteiger partial charge is 0.254 e. The minimum Gasteiger partial charge on any atom is -0.507 e. The van der Waals surface area contributed by atoms with Crippen molar-refractivity contribution in [2.75, 3.05) is 26.2 Å². The summed E-state index contributed by atoms with van der Waals surface area (Å²) in [5.41, 5.74) is 4.47. The number of ether oxygens (including phenoxy) is 1. The molecule has 1 aliphatic carbocycles. The second-order valence-corrected chi connectivity index (χ2v) is 10.9. The van der Waals surface area contributed by atoms with Crippen molar-refractivity contribution >= 4 is 22.8 Å². The van der Waals surface area contributed by atoms with E-state index in [4.69, 9.17) is 9.15 Å². The summed E-state index contributed by atoms with van der Waals surface area (Å²) in [7, 11) is 0. The number of carbonyl (C=O) groups is 2. The van der Waals surface area contributed by atoms with E-state index in [2.05, 4.69) is 0 Å². The Labute approximate surface area is 249 Å². The van der Waals surface area contributed by atoms with Gasteiger partial charge in [-0.05, 0) is 73.0 Å².